The van der Waals surface area contributed by atoms with Crippen molar-refractivity contribution >= 4 is 34.9 Å². The number of benzene rings is 1. The Kier molecular flexibility index (Phi) is 5.23. The molecule has 1 fully saturated rings. The molecular formula is C22H30IN3O2. The normalized spacial score (nSPS) is 31.9. The fourth-order valence-electron chi connectivity index (χ4n) is 5.44. The van der Waals surface area contributed by atoms with Gasteiger partial charge in [0.1, 0.15) is 23.0 Å². The van der Waals surface area contributed by atoms with Gasteiger partial charge in [-0.25, -0.2) is 4.99 Å². The first kappa shape index (κ1) is 20.1. The zero-order chi connectivity index (χ0) is 20.1. The van der Waals surface area contributed by atoms with E-state index in [1.807, 2.05) is 23.0 Å². The number of rotatable bonds is 4. The van der Waals surface area contributed by atoms with Crippen molar-refractivity contribution in [2.45, 2.75) is 70.4 Å². The van der Waals surface area contributed by atoms with Gasteiger partial charge in [-0.3, -0.25) is 9.69 Å². The van der Waals surface area contributed by atoms with Crippen LogP contribution in [0, 0.1) is 11.3 Å². The highest BCUT2D eigenvalue weighted by atomic mass is 127. The molecule has 4 rings (SSSR count). The van der Waals surface area contributed by atoms with Gasteiger partial charge in [-0.1, -0.05) is 32.0 Å². The average molecular weight is 495 g/mol. The molecule has 1 atom stereocenters. The van der Waals surface area contributed by atoms with E-state index in [9.17, 15) is 4.79 Å². The Morgan fingerprint density at radius 1 is 1.36 bits per heavy atom. The van der Waals surface area contributed by atoms with Gasteiger partial charge in [0.15, 0.2) is 11.5 Å². The van der Waals surface area contributed by atoms with Gasteiger partial charge in [0, 0.05) is 12.5 Å². The van der Waals surface area contributed by atoms with E-state index in [2.05, 4.69) is 32.0 Å². The highest BCUT2D eigenvalue weighted by Gasteiger charge is 2.66. The van der Waals surface area contributed by atoms with Crippen LogP contribution in [0.3, 0.4) is 0 Å². The number of guanidine groups is 1. The van der Waals surface area contributed by atoms with E-state index in [-0.39, 0.29) is 17.4 Å². The van der Waals surface area contributed by atoms with Gasteiger partial charge in [0.25, 0.3) is 5.91 Å². The lowest BCUT2D eigenvalue weighted by atomic mass is 9.61. The van der Waals surface area contributed by atoms with Gasteiger partial charge in [-0.05, 0) is 67.6 Å². The minimum atomic E-state index is -0.856. The quantitative estimate of drug-likeness (QED) is 0.640. The number of nitrogens with two attached hydrogens (primary N) is 1. The summed E-state index contributed by atoms with van der Waals surface area (Å²) in [5, 5.41) is 0. The molecule has 1 amide bonds. The number of carbonyl (C=O) groups excluding carboxylic acids is 1. The molecule has 5 nitrogen and oxygen atoms in total. The van der Waals surface area contributed by atoms with E-state index in [0.717, 1.165) is 50.5 Å². The van der Waals surface area contributed by atoms with Crippen LogP contribution in [0.4, 0.5) is 0 Å². The van der Waals surface area contributed by atoms with Crippen LogP contribution in [0.15, 0.2) is 23.2 Å². The summed E-state index contributed by atoms with van der Waals surface area (Å²) in [5.74, 6) is 1.04. The lowest BCUT2D eigenvalue weighted by Crippen LogP contribution is -2.51. The summed E-state index contributed by atoms with van der Waals surface area (Å²) in [6.07, 6.45) is 7.14. The predicted octanol–water partition coefficient (Wildman–Crippen LogP) is 4.11. The van der Waals surface area contributed by atoms with Crippen molar-refractivity contribution in [3.05, 3.63) is 34.9 Å². The number of likely N-dealkylation sites (N-methyl/N-ethyl adjacent to an activating group) is 1. The first-order valence-electron chi connectivity index (χ1n) is 10.4. The maximum Gasteiger partial charge on any atom is 0.262 e. The van der Waals surface area contributed by atoms with Crippen LogP contribution in [-0.2, 0) is 26.2 Å². The van der Waals surface area contributed by atoms with E-state index in [1.165, 1.54) is 11.1 Å². The highest BCUT2D eigenvalue weighted by Crippen LogP contribution is 2.61. The highest BCUT2D eigenvalue weighted by molar-refractivity contribution is 14.1. The summed E-state index contributed by atoms with van der Waals surface area (Å²) in [7, 11) is 1.75. The third-order valence-electron chi connectivity index (χ3n) is 7.13. The molecule has 1 aliphatic heterocycles. The lowest BCUT2D eigenvalue weighted by Gasteiger charge is -2.44. The van der Waals surface area contributed by atoms with Gasteiger partial charge in [-0.2, -0.15) is 0 Å². The summed E-state index contributed by atoms with van der Waals surface area (Å²) in [4.78, 5) is 20.1. The fourth-order valence-corrected chi connectivity index (χ4v) is 5.95. The average Bonchev–Trinajstić information content (AvgIpc) is 3.08. The Morgan fingerprint density at radius 2 is 2.07 bits per heavy atom. The summed E-state index contributed by atoms with van der Waals surface area (Å²) in [5.41, 5.74) is 8.80. The molecule has 0 radical (unpaired) electrons. The number of carbonyl (C=O) groups is 1. The molecule has 1 aromatic carbocycles. The number of aliphatic imine (C=N–C) groups is 1. The first-order chi connectivity index (χ1) is 13.3. The molecule has 1 unspecified atom stereocenters. The second-order valence-corrected chi connectivity index (χ2v) is 9.72. The smallest absolute Gasteiger partial charge is 0.262 e. The van der Waals surface area contributed by atoms with Gasteiger partial charge in [0.2, 0.25) is 0 Å². The fraction of sp³-hybridized carbons (Fsp3) is 0.636. The molecule has 3 aliphatic rings. The maximum absolute atomic E-state index is 13.6. The third kappa shape index (κ3) is 2.90. The minimum Gasteiger partial charge on any atom is -0.369 e. The SMILES string of the molecule is CC(C)CCc1ccc2c(c1)C1(N=C(N)N(C)C1=O)C1(CCC(OI)CC1)C2. The molecule has 0 saturated heterocycles. The van der Waals surface area contributed by atoms with Crippen molar-refractivity contribution in [3.63, 3.8) is 0 Å². The second-order valence-electron chi connectivity index (χ2n) is 9.21. The standard InChI is InChI=1S/C22H30IN3O2/c1-14(2)4-5-15-6-7-16-13-21(10-8-17(28-23)9-11-21)22(18(16)12-15)19(27)26(3)20(24)25-22/h6-7,12,14,17H,4-5,8-11,13H2,1-3H3,(H2,24,25). The van der Waals surface area contributed by atoms with Crippen molar-refractivity contribution in [1.29, 1.82) is 0 Å². The Labute approximate surface area is 181 Å². The Morgan fingerprint density at radius 3 is 2.64 bits per heavy atom. The molecule has 6 heteroatoms. The van der Waals surface area contributed by atoms with Crippen molar-refractivity contribution in [2.75, 3.05) is 7.05 Å². The number of fused-ring (bicyclic) bond motifs is 3. The van der Waals surface area contributed by atoms with Crippen LogP contribution < -0.4 is 5.73 Å². The van der Waals surface area contributed by atoms with Gasteiger partial charge < -0.3 is 8.80 Å². The monoisotopic (exact) mass is 495 g/mol. The van der Waals surface area contributed by atoms with Crippen molar-refractivity contribution < 1.29 is 7.86 Å². The largest absolute Gasteiger partial charge is 0.369 e. The first-order valence-corrected chi connectivity index (χ1v) is 11.2. The van der Waals surface area contributed by atoms with Crippen molar-refractivity contribution in [3.8, 4) is 0 Å². The second kappa shape index (κ2) is 7.27. The van der Waals surface area contributed by atoms with E-state index < -0.39 is 5.54 Å². The Hall–Kier alpha value is -1.15. The summed E-state index contributed by atoms with van der Waals surface area (Å²) < 4.78 is 5.58. The molecule has 2 N–H and O–H groups in total. The molecular weight excluding hydrogens is 465 g/mol. The Bertz CT molecular complexity index is 814. The molecule has 1 heterocycles. The molecule has 1 saturated carbocycles. The number of amides is 1. The van der Waals surface area contributed by atoms with Crippen molar-refractivity contribution in [2.24, 2.45) is 22.1 Å². The maximum atomic E-state index is 13.6. The molecule has 1 aromatic rings. The zero-order valence-electron chi connectivity index (χ0n) is 17.0. The third-order valence-corrected chi connectivity index (χ3v) is 7.85. The van der Waals surface area contributed by atoms with Gasteiger partial charge >= 0.3 is 0 Å². The van der Waals surface area contributed by atoms with E-state index in [0.29, 0.717) is 11.9 Å². The number of hydrogen-bond donors (Lipinski definition) is 1. The number of nitrogens with zero attached hydrogens (tertiary/aromatic N) is 2. The van der Waals surface area contributed by atoms with Crippen LogP contribution in [0.1, 0.15) is 62.6 Å². The minimum absolute atomic E-state index is 0.0404. The molecule has 2 aliphatic carbocycles. The molecule has 28 heavy (non-hydrogen) atoms. The summed E-state index contributed by atoms with van der Waals surface area (Å²) in [6, 6.07) is 6.73. The summed E-state index contributed by atoms with van der Waals surface area (Å²) in [6.45, 7) is 4.50. The van der Waals surface area contributed by atoms with Crippen molar-refractivity contribution in [1.82, 2.24) is 4.90 Å². The summed E-state index contributed by atoms with van der Waals surface area (Å²) >= 11 is 2.00. The van der Waals surface area contributed by atoms with Gasteiger partial charge in [0.05, 0.1) is 6.10 Å². The molecule has 0 aromatic heterocycles. The van der Waals surface area contributed by atoms with Crippen LogP contribution in [0.5, 0.6) is 0 Å². The zero-order valence-corrected chi connectivity index (χ0v) is 19.2. The predicted molar refractivity (Wildman–Crippen MR) is 119 cm³/mol. The van der Waals surface area contributed by atoms with E-state index in [1.54, 1.807) is 11.9 Å². The van der Waals surface area contributed by atoms with Crippen LogP contribution in [0.2, 0.25) is 0 Å². The number of halogens is 1. The van der Waals surface area contributed by atoms with Crippen LogP contribution in [0.25, 0.3) is 0 Å². The molecule has 0 bridgehead atoms. The topological polar surface area (TPSA) is 67.9 Å². The molecule has 2 spiro atoms. The number of hydrogen-bond acceptors (Lipinski definition) is 4. The van der Waals surface area contributed by atoms with Crippen LogP contribution >= 0.6 is 23.0 Å². The van der Waals surface area contributed by atoms with Gasteiger partial charge in [-0.15, -0.1) is 0 Å². The number of aryl methyl sites for hydroxylation is 1. The molecule has 152 valence electrons. The van der Waals surface area contributed by atoms with E-state index >= 15 is 0 Å². The lowest BCUT2D eigenvalue weighted by molar-refractivity contribution is -0.136. The van der Waals surface area contributed by atoms with Crippen LogP contribution in [-0.4, -0.2) is 29.9 Å². The van der Waals surface area contributed by atoms with E-state index in [4.69, 9.17) is 13.8 Å². The Balaban J connectivity index is 1.79.